The Morgan fingerprint density at radius 3 is 2.30 bits per heavy atom. The molecule has 8 heteroatoms. The van der Waals surface area contributed by atoms with Gasteiger partial charge in [0.2, 0.25) is 0 Å². The van der Waals surface area contributed by atoms with Crippen molar-refractivity contribution >= 4 is 34.6 Å². The molecule has 1 aromatic rings. The van der Waals surface area contributed by atoms with Crippen molar-refractivity contribution in [3.05, 3.63) is 35.9 Å². The average Bonchev–Trinajstić information content (AvgIpc) is 2.56. The summed E-state index contributed by atoms with van der Waals surface area (Å²) in [5, 5.41) is -1.12. The molecular weight excluding hydrogens is 322 g/mol. The fourth-order valence-electron chi connectivity index (χ4n) is 2.40. The van der Waals surface area contributed by atoms with Gasteiger partial charge in [-0.1, -0.05) is 30.3 Å². The summed E-state index contributed by atoms with van der Waals surface area (Å²) in [5.41, 5.74) is 3.90. The summed E-state index contributed by atoms with van der Waals surface area (Å²) < 4.78 is 0. The standard InChI is InChI=1S/C15H16ClN3O4/c1-2-18-8-9-19(12(21)11(18)20)14(23)15(17,13(16)22)10-6-4-3-5-7-10/h3-7H,2,8-9,17H2,1H3. The average molecular weight is 338 g/mol. The Balaban J connectivity index is 2.39. The highest BCUT2D eigenvalue weighted by molar-refractivity contribution is 6.67. The van der Waals surface area contributed by atoms with Crippen molar-refractivity contribution in [2.75, 3.05) is 19.6 Å². The lowest BCUT2D eigenvalue weighted by molar-refractivity contribution is -0.163. The van der Waals surface area contributed by atoms with Gasteiger partial charge >= 0.3 is 11.8 Å². The third-order valence-electron chi connectivity index (χ3n) is 3.81. The van der Waals surface area contributed by atoms with Gasteiger partial charge in [0.1, 0.15) is 0 Å². The summed E-state index contributed by atoms with van der Waals surface area (Å²) in [4.78, 5) is 50.6. The number of imide groups is 1. The minimum absolute atomic E-state index is 0.0345. The lowest BCUT2D eigenvalue weighted by Crippen LogP contribution is -2.63. The first-order valence-corrected chi connectivity index (χ1v) is 7.41. The molecule has 0 spiro atoms. The van der Waals surface area contributed by atoms with Crippen molar-refractivity contribution in [3.8, 4) is 0 Å². The molecule has 0 radical (unpaired) electrons. The van der Waals surface area contributed by atoms with Gasteiger partial charge in [-0.3, -0.25) is 24.1 Å². The summed E-state index contributed by atoms with van der Waals surface area (Å²) in [7, 11) is 0. The summed E-state index contributed by atoms with van der Waals surface area (Å²) in [6.45, 7) is 2.23. The van der Waals surface area contributed by atoms with E-state index in [-0.39, 0.29) is 18.7 Å². The lowest BCUT2D eigenvalue weighted by Gasteiger charge is -2.36. The maximum atomic E-state index is 12.7. The quantitative estimate of drug-likeness (QED) is 0.467. The number of carbonyl (C=O) groups excluding carboxylic acids is 4. The third-order valence-corrected chi connectivity index (χ3v) is 4.11. The third kappa shape index (κ3) is 2.85. The highest BCUT2D eigenvalue weighted by Crippen LogP contribution is 2.25. The number of benzene rings is 1. The van der Waals surface area contributed by atoms with Crippen LogP contribution in [0, 0.1) is 0 Å². The molecule has 1 aliphatic rings. The van der Waals surface area contributed by atoms with E-state index in [9.17, 15) is 19.2 Å². The molecule has 1 aliphatic heterocycles. The first-order chi connectivity index (χ1) is 10.8. The molecule has 0 aromatic heterocycles. The van der Waals surface area contributed by atoms with E-state index in [0.717, 1.165) is 0 Å². The monoisotopic (exact) mass is 337 g/mol. The Bertz CT molecular complexity index is 664. The number of rotatable bonds is 4. The Labute approximate surface area is 138 Å². The van der Waals surface area contributed by atoms with Crippen LogP contribution < -0.4 is 5.73 Å². The fraction of sp³-hybridized carbons (Fsp3) is 0.333. The van der Waals surface area contributed by atoms with Crippen LogP contribution in [-0.2, 0) is 24.7 Å². The number of carbonyl (C=O) groups is 4. The Kier molecular flexibility index (Phi) is 4.82. The smallest absolute Gasteiger partial charge is 0.318 e. The molecular formula is C15H16ClN3O4. The van der Waals surface area contributed by atoms with Crippen LogP contribution >= 0.6 is 11.6 Å². The number of hydrogen-bond acceptors (Lipinski definition) is 5. The molecule has 1 saturated heterocycles. The molecule has 2 rings (SSSR count). The van der Waals surface area contributed by atoms with Crippen molar-refractivity contribution in [3.63, 3.8) is 0 Å². The first kappa shape index (κ1) is 17.1. The summed E-state index contributed by atoms with van der Waals surface area (Å²) >= 11 is 5.56. The fourth-order valence-corrected chi connectivity index (χ4v) is 2.59. The van der Waals surface area contributed by atoms with E-state index in [1.165, 1.54) is 17.0 Å². The highest BCUT2D eigenvalue weighted by Gasteiger charge is 2.49. The number of nitrogens with zero attached hydrogens (tertiary/aromatic N) is 2. The van der Waals surface area contributed by atoms with Gasteiger partial charge in [0.15, 0.2) is 5.54 Å². The van der Waals surface area contributed by atoms with Crippen LogP contribution in [0.25, 0.3) is 0 Å². The molecule has 0 saturated carbocycles. The van der Waals surface area contributed by atoms with Crippen LogP contribution in [-0.4, -0.2) is 52.4 Å². The van der Waals surface area contributed by atoms with E-state index in [4.69, 9.17) is 17.3 Å². The van der Waals surface area contributed by atoms with Crippen molar-refractivity contribution in [1.29, 1.82) is 0 Å². The van der Waals surface area contributed by atoms with Crippen molar-refractivity contribution in [2.45, 2.75) is 12.5 Å². The Morgan fingerprint density at radius 1 is 1.17 bits per heavy atom. The SMILES string of the molecule is CCN1CCN(C(=O)C(N)(C(=O)Cl)c2ccccc2)C(=O)C1=O. The van der Waals surface area contributed by atoms with Gasteiger partial charge in [-0.05, 0) is 24.1 Å². The first-order valence-electron chi connectivity index (χ1n) is 7.03. The maximum absolute atomic E-state index is 12.7. The predicted octanol–water partition coefficient (Wildman–Crippen LogP) is -0.177. The number of amides is 3. The summed E-state index contributed by atoms with van der Waals surface area (Å²) in [6.07, 6.45) is 0. The largest absolute Gasteiger partial charge is 0.333 e. The highest BCUT2D eigenvalue weighted by atomic mass is 35.5. The molecule has 3 amide bonds. The number of hydrogen-bond donors (Lipinski definition) is 1. The van der Waals surface area contributed by atoms with Gasteiger partial charge in [-0.25, -0.2) is 0 Å². The van der Waals surface area contributed by atoms with Crippen LogP contribution in [0.15, 0.2) is 30.3 Å². The second-order valence-corrected chi connectivity index (χ2v) is 5.44. The zero-order valence-corrected chi connectivity index (χ0v) is 13.2. The van der Waals surface area contributed by atoms with Gasteiger partial charge < -0.3 is 10.6 Å². The van der Waals surface area contributed by atoms with Gasteiger partial charge in [0, 0.05) is 19.6 Å². The van der Waals surface area contributed by atoms with Crippen LogP contribution in [0.1, 0.15) is 12.5 Å². The summed E-state index contributed by atoms with van der Waals surface area (Å²) in [5.74, 6) is -2.81. The van der Waals surface area contributed by atoms with Gasteiger partial charge in [-0.2, -0.15) is 0 Å². The van der Waals surface area contributed by atoms with Gasteiger partial charge in [0.05, 0.1) is 0 Å². The van der Waals surface area contributed by atoms with Crippen molar-refractivity contribution in [2.24, 2.45) is 5.73 Å². The zero-order chi connectivity index (χ0) is 17.2. The molecule has 1 fully saturated rings. The maximum Gasteiger partial charge on any atom is 0.318 e. The Hall–Kier alpha value is -2.25. The molecule has 1 aromatic carbocycles. The van der Waals surface area contributed by atoms with Gasteiger partial charge in [-0.15, -0.1) is 0 Å². The molecule has 0 aliphatic carbocycles. The lowest BCUT2D eigenvalue weighted by atomic mass is 9.90. The predicted molar refractivity (Wildman–Crippen MR) is 82.1 cm³/mol. The summed E-state index contributed by atoms with van der Waals surface area (Å²) in [6, 6.07) is 7.79. The minimum atomic E-state index is -2.22. The number of halogens is 1. The number of piperazine rings is 1. The van der Waals surface area contributed by atoms with E-state index < -0.39 is 28.5 Å². The van der Waals surface area contributed by atoms with E-state index in [1.54, 1.807) is 25.1 Å². The van der Waals surface area contributed by atoms with Crippen molar-refractivity contribution in [1.82, 2.24) is 9.80 Å². The number of nitrogens with two attached hydrogens (primary N) is 1. The molecule has 122 valence electrons. The molecule has 0 bridgehead atoms. The number of likely N-dealkylation sites (N-methyl/N-ethyl adjacent to an activating group) is 1. The molecule has 7 nitrogen and oxygen atoms in total. The van der Waals surface area contributed by atoms with E-state index >= 15 is 0 Å². The van der Waals surface area contributed by atoms with Crippen LogP contribution in [0.2, 0.25) is 0 Å². The molecule has 2 N–H and O–H groups in total. The molecule has 1 atom stereocenters. The Morgan fingerprint density at radius 2 is 1.78 bits per heavy atom. The zero-order valence-electron chi connectivity index (χ0n) is 12.5. The van der Waals surface area contributed by atoms with Crippen LogP contribution in [0.3, 0.4) is 0 Å². The molecule has 1 heterocycles. The van der Waals surface area contributed by atoms with Crippen molar-refractivity contribution < 1.29 is 19.2 Å². The van der Waals surface area contributed by atoms with Crippen LogP contribution in [0.5, 0.6) is 0 Å². The second-order valence-electron chi connectivity index (χ2n) is 5.09. The second kappa shape index (κ2) is 6.47. The minimum Gasteiger partial charge on any atom is -0.333 e. The van der Waals surface area contributed by atoms with E-state index in [0.29, 0.717) is 11.4 Å². The van der Waals surface area contributed by atoms with Gasteiger partial charge in [0.25, 0.3) is 11.1 Å². The topological polar surface area (TPSA) is 101 Å². The van der Waals surface area contributed by atoms with E-state index in [1.807, 2.05) is 0 Å². The molecule has 1 unspecified atom stereocenters. The molecule has 23 heavy (non-hydrogen) atoms. The van der Waals surface area contributed by atoms with E-state index in [2.05, 4.69) is 0 Å². The normalized spacial score (nSPS) is 17.9. The van der Waals surface area contributed by atoms with Crippen LogP contribution in [0.4, 0.5) is 0 Å².